The van der Waals surface area contributed by atoms with Gasteiger partial charge in [0.2, 0.25) is 5.95 Å². The number of unbranched alkanes of at least 4 members (excludes halogenated alkanes) is 2. The predicted molar refractivity (Wildman–Crippen MR) is 79.2 cm³/mol. The van der Waals surface area contributed by atoms with Crippen LogP contribution in [0.4, 0.5) is 5.95 Å². The molecular formula is C12H17ClN4S. The lowest BCUT2D eigenvalue weighted by atomic mass is 10.2. The van der Waals surface area contributed by atoms with Crippen molar-refractivity contribution in [3.63, 3.8) is 0 Å². The molecule has 0 radical (unpaired) electrons. The van der Waals surface area contributed by atoms with Gasteiger partial charge in [-0.3, -0.25) is 4.57 Å². The van der Waals surface area contributed by atoms with Crippen LogP contribution >= 0.6 is 23.4 Å². The van der Waals surface area contributed by atoms with E-state index in [0.717, 1.165) is 24.1 Å². The fraction of sp³-hybridized carbons (Fsp3) is 0.500. The topological polar surface area (TPSA) is 56.7 Å². The van der Waals surface area contributed by atoms with Crippen molar-refractivity contribution in [2.45, 2.75) is 25.8 Å². The standard InChI is InChI=1S/C12H17ClN4S/c1-18-6-4-2-3-5-17-11-10(16-12(17)14)7-9(13)8-15-11/h7-8H,2-6H2,1H3,(H2,14,16). The molecule has 4 nitrogen and oxygen atoms in total. The molecule has 2 aromatic rings. The summed E-state index contributed by atoms with van der Waals surface area (Å²) in [5, 5.41) is 0.590. The van der Waals surface area contributed by atoms with Gasteiger partial charge in [-0.05, 0) is 30.9 Å². The Hall–Kier alpha value is -0.940. The van der Waals surface area contributed by atoms with Crippen LogP contribution in [0.1, 0.15) is 19.3 Å². The maximum atomic E-state index is 5.91. The summed E-state index contributed by atoms with van der Waals surface area (Å²) in [6, 6.07) is 1.80. The highest BCUT2D eigenvalue weighted by Crippen LogP contribution is 2.19. The number of hydrogen-bond acceptors (Lipinski definition) is 4. The van der Waals surface area contributed by atoms with Crippen LogP contribution in [0.25, 0.3) is 11.2 Å². The first kappa shape index (κ1) is 13.5. The normalized spacial score (nSPS) is 11.2. The van der Waals surface area contributed by atoms with Gasteiger partial charge in [-0.2, -0.15) is 11.8 Å². The number of anilines is 1. The zero-order valence-corrected chi connectivity index (χ0v) is 12.0. The van der Waals surface area contributed by atoms with Gasteiger partial charge in [0.1, 0.15) is 5.52 Å². The number of imidazole rings is 1. The van der Waals surface area contributed by atoms with E-state index in [9.17, 15) is 0 Å². The van der Waals surface area contributed by atoms with Gasteiger partial charge in [0.25, 0.3) is 0 Å². The highest BCUT2D eigenvalue weighted by atomic mass is 35.5. The van der Waals surface area contributed by atoms with E-state index in [1.165, 1.54) is 18.6 Å². The molecule has 2 N–H and O–H groups in total. The van der Waals surface area contributed by atoms with Crippen molar-refractivity contribution >= 4 is 40.5 Å². The van der Waals surface area contributed by atoms with Crippen molar-refractivity contribution in [2.24, 2.45) is 0 Å². The molecule has 2 heterocycles. The van der Waals surface area contributed by atoms with Crippen LogP contribution in [0.3, 0.4) is 0 Å². The quantitative estimate of drug-likeness (QED) is 0.828. The summed E-state index contributed by atoms with van der Waals surface area (Å²) >= 11 is 7.77. The molecule has 0 saturated heterocycles. The molecule has 0 amide bonds. The molecule has 2 rings (SSSR count). The zero-order valence-electron chi connectivity index (χ0n) is 10.4. The largest absolute Gasteiger partial charge is 0.369 e. The van der Waals surface area contributed by atoms with Crippen LogP contribution < -0.4 is 5.73 Å². The highest BCUT2D eigenvalue weighted by molar-refractivity contribution is 7.98. The maximum Gasteiger partial charge on any atom is 0.202 e. The Balaban J connectivity index is 2.05. The van der Waals surface area contributed by atoms with Crippen LogP contribution in [0.2, 0.25) is 5.02 Å². The Labute approximate surface area is 116 Å². The Kier molecular flexibility index (Phi) is 4.72. The summed E-state index contributed by atoms with van der Waals surface area (Å²) in [6.07, 6.45) is 7.31. The number of nitrogen functional groups attached to an aromatic ring is 1. The monoisotopic (exact) mass is 284 g/mol. The molecule has 2 aromatic heterocycles. The molecule has 0 spiro atoms. The van der Waals surface area contributed by atoms with Crippen LogP contribution in [-0.2, 0) is 6.54 Å². The average molecular weight is 285 g/mol. The van der Waals surface area contributed by atoms with Crippen LogP contribution in [0.15, 0.2) is 12.3 Å². The molecule has 0 fully saturated rings. The third-order valence-electron chi connectivity index (χ3n) is 2.81. The van der Waals surface area contributed by atoms with E-state index < -0.39 is 0 Å². The van der Waals surface area contributed by atoms with Gasteiger partial charge < -0.3 is 5.73 Å². The first-order valence-corrected chi connectivity index (χ1v) is 7.75. The molecule has 0 aliphatic carbocycles. The van der Waals surface area contributed by atoms with Crippen molar-refractivity contribution in [3.05, 3.63) is 17.3 Å². The SMILES string of the molecule is CSCCCCCn1c(N)nc2cc(Cl)cnc21. The van der Waals surface area contributed by atoms with Crippen molar-refractivity contribution in [1.29, 1.82) is 0 Å². The summed E-state index contributed by atoms with van der Waals surface area (Å²) in [6.45, 7) is 0.866. The molecule has 0 aliphatic heterocycles. The van der Waals surface area contributed by atoms with Crippen LogP contribution in [0, 0.1) is 0 Å². The second kappa shape index (κ2) is 6.29. The van der Waals surface area contributed by atoms with E-state index in [-0.39, 0.29) is 0 Å². The summed E-state index contributed by atoms with van der Waals surface area (Å²) in [4.78, 5) is 8.58. The van der Waals surface area contributed by atoms with E-state index in [2.05, 4.69) is 16.2 Å². The Morgan fingerprint density at radius 2 is 2.22 bits per heavy atom. The second-order valence-electron chi connectivity index (χ2n) is 4.17. The number of thioether (sulfide) groups is 1. The van der Waals surface area contributed by atoms with Gasteiger partial charge in [-0.15, -0.1) is 0 Å². The van der Waals surface area contributed by atoms with Crippen molar-refractivity contribution < 1.29 is 0 Å². The summed E-state index contributed by atoms with van der Waals surface area (Å²) in [5.74, 6) is 1.73. The Morgan fingerprint density at radius 3 is 3.00 bits per heavy atom. The number of fused-ring (bicyclic) bond motifs is 1. The summed E-state index contributed by atoms with van der Waals surface area (Å²) < 4.78 is 1.96. The first-order valence-electron chi connectivity index (χ1n) is 5.98. The molecule has 0 aliphatic rings. The Bertz CT molecular complexity index is 526. The molecule has 0 bridgehead atoms. The van der Waals surface area contributed by atoms with Gasteiger partial charge >= 0.3 is 0 Å². The molecule has 18 heavy (non-hydrogen) atoms. The number of rotatable bonds is 6. The van der Waals surface area contributed by atoms with Gasteiger partial charge in [0.15, 0.2) is 5.65 Å². The maximum absolute atomic E-state index is 5.91. The minimum absolute atomic E-state index is 0.518. The highest BCUT2D eigenvalue weighted by Gasteiger charge is 2.09. The lowest BCUT2D eigenvalue weighted by Gasteiger charge is -2.05. The Morgan fingerprint density at radius 1 is 1.39 bits per heavy atom. The van der Waals surface area contributed by atoms with Crippen molar-refractivity contribution in [3.8, 4) is 0 Å². The van der Waals surface area contributed by atoms with E-state index in [1.54, 1.807) is 12.3 Å². The number of aromatic nitrogens is 3. The van der Waals surface area contributed by atoms with Crippen LogP contribution in [0.5, 0.6) is 0 Å². The molecule has 98 valence electrons. The average Bonchev–Trinajstić information content (AvgIpc) is 2.64. The van der Waals surface area contributed by atoms with E-state index in [4.69, 9.17) is 17.3 Å². The van der Waals surface area contributed by atoms with Crippen molar-refractivity contribution in [1.82, 2.24) is 14.5 Å². The lowest BCUT2D eigenvalue weighted by Crippen LogP contribution is -2.04. The molecular weight excluding hydrogens is 268 g/mol. The molecule has 0 unspecified atom stereocenters. The molecule has 0 saturated carbocycles. The van der Waals surface area contributed by atoms with Gasteiger partial charge in [0, 0.05) is 12.7 Å². The van der Waals surface area contributed by atoms with Crippen LogP contribution in [-0.4, -0.2) is 26.5 Å². The van der Waals surface area contributed by atoms with Gasteiger partial charge in [-0.1, -0.05) is 18.0 Å². The third kappa shape index (κ3) is 3.09. The van der Waals surface area contributed by atoms with E-state index in [1.807, 2.05) is 16.3 Å². The summed E-state index contributed by atoms with van der Waals surface area (Å²) in [5.41, 5.74) is 7.50. The number of hydrogen-bond donors (Lipinski definition) is 1. The minimum Gasteiger partial charge on any atom is -0.369 e. The number of pyridine rings is 1. The zero-order chi connectivity index (χ0) is 13.0. The second-order valence-corrected chi connectivity index (χ2v) is 5.59. The van der Waals surface area contributed by atoms with Crippen molar-refractivity contribution in [2.75, 3.05) is 17.7 Å². The number of halogens is 1. The fourth-order valence-corrected chi connectivity index (χ4v) is 2.56. The fourth-order valence-electron chi connectivity index (χ4n) is 1.92. The molecule has 0 atom stereocenters. The van der Waals surface area contributed by atoms with Gasteiger partial charge in [0.05, 0.1) is 5.02 Å². The summed E-state index contributed by atoms with van der Waals surface area (Å²) in [7, 11) is 0. The lowest BCUT2D eigenvalue weighted by molar-refractivity contribution is 0.618. The number of nitrogens with two attached hydrogens (primary N) is 1. The molecule has 0 aromatic carbocycles. The number of aryl methyl sites for hydroxylation is 1. The van der Waals surface area contributed by atoms with E-state index in [0.29, 0.717) is 11.0 Å². The van der Waals surface area contributed by atoms with E-state index >= 15 is 0 Å². The van der Waals surface area contributed by atoms with Gasteiger partial charge in [-0.25, -0.2) is 9.97 Å². The third-order valence-corrected chi connectivity index (χ3v) is 3.71. The first-order chi connectivity index (χ1) is 8.72. The predicted octanol–water partition coefficient (Wildman–Crippen LogP) is 3.20. The molecule has 6 heteroatoms. The smallest absolute Gasteiger partial charge is 0.202 e. The number of nitrogens with zero attached hydrogens (tertiary/aromatic N) is 3. The minimum atomic E-state index is 0.518.